The van der Waals surface area contributed by atoms with E-state index in [-0.39, 0.29) is 17.3 Å². The van der Waals surface area contributed by atoms with Crippen LogP contribution in [0, 0.1) is 17.3 Å². The molecule has 16 heavy (non-hydrogen) atoms. The molecular formula is C13H24O3. The second-order valence-electron chi connectivity index (χ2n) is 6.07. The molecule has 0 aromatic rings. The van der Waals surface area contributed by atoms with Crippen molar-refractivity contribution in [1.29, 1.82) is 0 Å². The highest BCUT2D eigenvalue weighted by Gasteiger charge is 2.53. The van der Waals surface area contributed by atoms with Crippen molar-refractivity contribution in [3.05, 3.63) is 0 Å². The molecule has 1 aliphatic rings. The van der Waals surface area contributed by atoms with E-state index in [2.05, 4.69) is 13.8 Å². The summed E-state index contributed by atoms with van der Waals surface area (Å²) in [6, 6.07) is 0. The van der Waals surface area contributed by atoms with Crippen LogP contribution in [-0.4, -0.2) is 21.8 Å². The van der Waals surface area contributed by atoms with Crippen LogP contribution < -0.4 is 0 Å². The van der Waals surface area contributed by atoms with E-state index in [1.165, 1.54) is 0 Å². The summed E-state index contributed by atoms with van der Waals surface area (Å²) in [5, 5.41) is 19.9. The summed E-state index contributed by atoms with van der Waals surface area (Å²) in [4.78, 5) is 11.4. The maximum absolute atomic E-state index is 11.4. The zero-order chi connectivity index (χ0) is 12.6. The third-order valence-electron chi connectivity index (χ3n) is 4.26. The predicted molar refractivity (Wildman–Crippen MR) is 63.2 cm³/mol. The van der Waals surface area contributed by atoms with Gasteiger partial charge >= 0.3 is 5.97 Å². The van der Waals surface area contributed by atoms with Gasteiger partial charge in [0.15, 0.2) is 5.60 Å². The molecule has 1 rings (SSSR count). The van der Waals surface area contributed by atoms with Gasteiger partial charge < -0.3 is 10.2 Å². The molecule has 2 N–H and O–H groups in total. The van der Waals surface area contributed by atoms with Gasteiger partial charge in [-0.1, -0.05) is 40.5 Å². The van der Waals surface area contributed by atoms with E-state index >= 15 is 0 Å². The van der Waals surface area contributed by atoms with Gasteiger partial charge in [0.25, 0.3) is 0 Å². The SMILES string of the molecule is CC(C)C(O)(C(=O)O)C1CCCCC1(C)C. The van der Waals surface area contributed by atoms with Crippen molar-refractivity contribution in [3.8, 4) is 0 Å². The van der Waals surface area contributed by atoms with Crippen molar-refractivity contribution in [2.75, 3.05) is 0 Å². The van der Waals surface area contributed by atoms with Crippen LogP contribution in [0.3, 0.4) is 0 Å². The minimum absolute atomic E-state index is 0.0876. The van der Waals surface area contributed by atoms with Crippen molar-refractivity contribution in [2.45, 2.75) is 59.0 Å². The van der Waals surface area contributed by atoms with E-state index in [0.717, 1.165) is 25.7 Å². The normalized spacial score (nSPS) is 28.8. The Morgan fingerprint density at radius 1 is 1.38 bits per heavy atom. The Bertz CT molecular complexity index is 270. The molecule has 1 aliphatic carbocycles. The summed E-state index contributed by atoms with van der Waals surface area (Å²) >= 11 is 0. The van der Waals surface area contributed by atoms with Gasteiger partial charge in [-0.2, -0.15) is 0 Å². The maximum Gasteiger partial charge on any atom is 0.336 e. The molecule has 2 atom stereocenters. The van der Waals surface area contributed by atoms with Crippen molar-refractivity contribution in [2.24, 2.45) is 17.3 Å². The van der Waals surface area contributed by atoms with Crippen molar-refractivity contribution in [3.63, 3.8) is 0 Å². The molecule has 94 valence electrons. The third-order valence-corrected chi connectivity index (χ3v) is 4.26. The van der Waals surface area contributed by atoms with E-state index in [4.69, 9.17) is 0 Å². The molecular weight excluding hydrogens is 204 g/mol. The number of carboxylic acids is 1. The van der Waals surface area contributed by atoms with Gasteiger partial charge in [0, 0.05) is 5.92 Å². The summed E-state index contributed by atoms with van der Waals surface area (Å²) in [5.74, 6) is -1.47. The van der Waals surface area contributed by atoms with Crippen molar-refractivity contribution >= 4 is 5.97 Å². The smallest absolute Gasteiger partial charge is 0.336 e. The molecule has 3 nitrogen and oxygen atoms in total. The van der Waals surface area contributed by atoms with E-state index < -0.39 is 11.6 Å². The fourth-order valence-corrected chi connectivity index (χ4v) is 3.11. The third kappa shape index (κ3) is 2.10. The Morgan fingerprint density at radius 2 is 1.94 bits per heavy atom. The first-order chi connectivity index (χ1) is 7.23. The molecule has 0 heterocycles. The first-order valence-corrected chi connectivity index (χ1v) is 6.18. The monoisotopic (exact) mass is 228 g/mol. The van der Waals surface area contributed by atoms with Crippen molar-refractivity contribution in [1.82, 2.24) is 0 Å². The fourth-order valence-electron chi connectivity index (χ4n) is 3.11. The number of carbonyl (C=O) groups is 1. The van der Waals surface area contributed by atoms with Gasteiger partial charge in [-0.3, -0.25) is 0 Å². The lowest BCUT2D eigenvalue weighted by molar-refractivity contribution is -0.182. The Balaban J connectivity index is 3.07. The topological polar surface area (TPSA) is 57.5 Å². The van der Waals surface area contributed by atoms with E-state index in [1.54, 1.807) is 13.8 Å². The van der Waals surface area contributed by atoms with Crippen LogP contribution in [-0.2, 0) is 4.79 Å². The molecule has 0 bridgehead atoms. The molecule has 1 fully saturated rings. The maximum atomic E-state index is 11.4. The zero-order valence-corrected chi connectivity index (χ0v) is 10.8. The lowest BCUT2D eigenvalue weighted by atomic mass is 9.59. The standard InChI is InChI=1S/C13H24O3/c1-9(2)13(16,11(14)15)10-7-5-6-8-12(10,3)4/h9-10,16H,5-8H2,1-4H3,(H,14,15). The predicted octanol–water partition coefficient (Wildman–Crippen LogP) is 2.67. The highest BCUT2D eigenvalue weighted by molar-refractivity contribution is 5.78. The Kier molecular flexibility index (Phi) is 3.68. The highest BCUT2D eigenvalue weighted by atomic mass is 16.4. The minimum atomic E-state index is -1.58. The molecule has 0 amide bonds. The molecule has 0 aromatic carbocycles. The Hall–Kier alpha value is -0.570. The average molecular weight is 228 g/mol. The summed E-state index contributed by atoms with van der Waals surface area (Å²) in [6.07, 6.45) is 3.97. The molecule has 0 spiro atoms. The highest BCUT2D eigenvalue weighted by Crippen LogP contribution is 2.48. The van der Waals surface area contributed by atoms with Crippen LogP contribution in [0.15, 0.2) is 0 Å². The van der Waals surface area contributed by atoms with E-state index in [1.807, 2.05) is 0 Å². The van der Waals surface area contributed by atoms with Gasteiger partial charge in [-0.25, -0.2) is 4.79 Å². The second kappa shape index (κ2) is 4.36. The summed E-state index contributed by atoms with van der Waals surface area (Å²) in [7, 11) is 0. The van der Waals surface area contributed by atoms with Crippen molar-refractivity contribution < 1.29 is 15.0 Å². The number of aliphatic hydroxyl groups is 1. The molecule has 0 aliphatic heterocycles. The first-order valence-electron chi connectivity index (χ1n) is 6.18. The average Bonchev–Trinajstić information content (AvgIpc) is 2.15. The summed E-state index contributed by atoms with van der Waals surface area (Å²) in [6.45, 7) is 7.73. The second-order valence-corrected chi connectivity index (χ2v) is 6.07. The molecule has 0 aromatic heterocycles. The molecule has 1 saturated carbocycles. The largest absolute Gasteiger partial charge is 0.479 e. The van der Waals surface area contributed by atoms with Gasteiger partial charge in [0.1, 0.15) is 0 Å². The van der Waals surface area contributed by atoms with Gasteiger partial charge in [-0.05, 0) is 24.2 Å². The van der Waals surface area contributed by atoms with Crippen LogP contribution in [0.25, 0.3) is 0 Å². The zero-order valence-electron chi connectivity index (χ0n) is 10.8. The molecule has 3 heteroatoms. The number of hydrogen-bond donors (Lipinski definition) is 2. The quantitative estimate of drug-likeness (QED) is 0.780. The Labute approximate surface area is 97.9 Å². The molecule has 0 radical (unpaired) electrons. The minimum Gasteiger partial charge on any atom is -0.479 e. The first kappa shape index (κ1) is 13.5. The lowest BCUT2D eigenvalue weighted by Crippen LogP contribution is -2.56. The summed E-state index contributed by atoms with van der Waals surface area (Å²) in [5.41, 5.74) is -1.67. The van der Waals surface area contributed by atoms with E-state index in [0.29, 0.717) is 0 Å². The molecule has 0 saturated heterocycles. The van der Waals surface area contributed by atoms with Gasteiger partial charge in [0.2, 0.25) is 0 Å². The van der Waals surface area contributed by atoms with Crippen LogP contribution in [0.1, 0.15) is 53.4 Å². The fraction of sp³-hybridized carbons (Fsp3) is 0.923. The number of aliphatic carboxylic acids is 1. The number of carboxylic acid groups (broad SMARTS) is 1. The van der Waals surface area contributed by atoms with Crippen LogP contribution in [0.5, 0.6) is 0 Å². The summed E-state index contributed by atoms with van der Waals surface area (Å²) < 4.78 is 0. The van der Waals surface area contributed by atoms with Crippen LogP contribution in [0.2, 0.25) is 0 Å². The number of rotatable bonds is 3. The molecule has 2 unspecified atom stereocenters. The van der Waals surface area contributed by atoms with Crippen LogP contribution >= 0.6 is 0 Å². The van der Waals surface area contributed by atoms with Gasteiger partial charge in [-0.15, -0.1) is 0 Å². The van der Waals surface area contributed by atoms with E-state index in [9.17, 15) is 15.0 Å². The van der Waals surface area contributed by atoms with Gasteiger partial charge in [0.05, 0.1) is 0 Å². The van der Waals surface area contributed by atoms with Crippen LogP contribution in [0.4, 0.5) is 0 Å². The Morgan fingerprint density at radius 3 is 2.31 bits per heavy atom. The number of hydrogen-bond acceptors (Lipinski definition) is 2. The lowest BCUT2D eigenvalue weighted by Gasteiger charge is -2.47.